The molecule has 170 valence electrons. The zero-order chi connectivity index (χ0) is 22.8. The molecule has 3 aliphatic carbocycles. The van der Waals surface area contributed by atoms with Gasteiger partial charge in [-0.05, 0) is 44.2 Å². The molecule has 0 radical (unpaired) electrons. The summed E-state index contributed by atoms with van der Waals surface area (Å²) in [6.45, 7) is 0.422. The minimum absolute atomic E-state index is 0.00739. The largest absolute Gasteiger partial charge is 0.484 e. The van der Waals surface area contributed by atoms with E-state index in [0.717, 1.165) is 24.6 Å². The lowest BCUT2D eigenvalue weighted by Crippen LogP contribution is -2.84. The number of amides is 2. The van der Waals surface area contributed by atoms with E-state index in [0.29, 0.717) is 25.9 Å². The monoisotopic (exact) mass is 462 g/mol. The van der Waals surface area contributed by atoms with Crippen molar-refractivity contribution in [2.45, 2.75) is 43.2 Å². The van der Waals surface area contributed by atoms with Crippen LogP contribution in [0, 0.1) is 5.82 Å². The molecule has 3 saturated carbocycles. The third kappa shape index (κ3) is 4.83. The normalized spacial score (nSPS) is 23.0. The molecule has 0 saturated heterocycles. The maximum atomic E-state index is 13.4. The van der Waals surface area contributed by atoms with Crippen LogP contribution in [-0.4, -0.2) is 53.2 Å². The zero-order valence-corrected chi connectivity index (χ0v) is 18.4. The number of benzene rings is 1. The molecule has 0 spiro atoms. The highest BCUT2D eigenvalue weighted by atomic mass is 35.5. The van der Waals surface area contributed by atoms with E-state index >= 15 is 0 Å². The Morgan fingerprint density at radius 1 is 1.16 bits per heavy atom. The first-order valence-corrected chi connectivity index (χ1v) is 10.7. The first-order chi connectivity index (χ1) is 15.3. The Kier molecular flexibility index (Phi) is 6.30. The van der Waals surface area contributed by atoms with Gasteiger partial charge in [0.2, 0.25) is 0 Å². The van der Waals surface area contributed by atoms with Crippen molar-refractivity contribution in [3.05, 3.63) is 52.8 Å². The number of ether oxygens (including phenoxy) is 2. The van der Waals surface area contributed by atoms with Crippen LogP contribution in [0.2, 0.25) is 5.02 Å². The first-order valence-electron chi connectivity index (χ1n) is 10.3. The molecule has 2 bridgehead atoms. The topological polar surface area (TPSA) is 102 Å². The molecule has 0 atom stereocenters. The van der Waals surface area contributed by atoms with Gasteiger partial charge < -0.3 is 20.1 Å². The van der Waals surface area contributed by atoms with E-state index in [1.807, 2.05) is 0 Å². The molecule has 10 heteroatoms. The predicted molar refractivity (Wildman–Crippen MR) is 114 cm³/mol. The predicted octanol–water partition coefficient (Wildman–Crippen LogP) is 2.45. The molecule has 0 aliphatic heterocycles. The number of methoxy groups -OCH3 is 1. The summed E-state index contributed by atoms with van der Waals surface area (Å²) in [5.41, 5.74) is 0.445. The van der Waals surface area contributed by atoms with Crippen molar-refractivity contribution in [3.8, 4) is 5.75 Å². The number of rotatable bonds is 10. The van der Waals surface area contributed by atoms with E-state index in [4.69, 9.17) is 21.1 Å². The lowest BCUT2D eigenvalue weighted by atomic mass is 9.44. The van der Waals surface area contributed by atoms with E-state index < -0.39 is 5.82 Å². The molecule has 1 aromatic heterocycles. The summed E-state index contributed by atoms with van der Waals surface area (Å²) in [4.78, 5) is 33.2. The summed E-state index contributed by atoms with van der Waals surface area (Å²) < 4.78 is 23.8. The number of nitrogens with zero attached hydrogens (tertiary/aromatic N) is 2. The van der Waals surface area contributed by atoms with Crippen LogP contribution in [0.1, 0.15) is 41.9 Å². The zero-order valence-electron chi connectivity index (χ0n) is 17.6. The third-order valence-corrected chi connectivity index (χ3v) is 6.10. The first kappa shape index (κ1) is 22.4. The van der Waals surface area contributed by atoms with Crippen LogP contribution < -0.4 is 15.4 Å². The van der Waals surface area contributed by atoms with Crippen LogP contribution in [0.3, 0.4) is 0 Å². The van der Waals surface area contributed by atoms with Gasteiger partial charge in [-0.1, -0.05) is 11.6 Å². The van der Waals surface area contributed by atoms with Crippen molar-refractivity contribution in [1.82, 2.24) is 20.6 Å². The number of hydrogen-bond acceptors (Lipinski definition) is 6. The van der Waals surface area contributed by atoms with Gasteiger partial charge in [0.05, 0.1) is 16.9 Å². The molecule has 32 heavy (non-hydrogen) atoms. The number of carbonyl (C=O) groups is 2. The van der Waals surface area contributed by atoms with Gasteiger partial charge in [0.25, 0.3) is 11.8 Å². The fourth-order valence-corrected chi connectivity index (χ4v) is 4.52. The van der Waals surface area contributed by atoms with Gasteiger partial charge in [-0.25, -0.2) is 9.37 Å². The molecule has 1 heterocycles. The van der Waals surface area contributed by atoms with E-state index in [9.17, 15) is 14.0 Å². The van der Waals surface area contributed by atoms with Gasteiger partial charge in [-0.2, -0.15) is 0 Å². The number of carbonyl (C=O) groups excluding carboxylic acids is 2. The van der Waals surface area contributed by atoms with Gasteiger partial charge in [0, 0.05) is 37.1 Å². The second-order valence-corrected chi connectivity index (χ2v) is 8.85. The Morgan fingerprint density at radius 3 is 2.56 bits per heavy atom. The van der Waals surface area contributed by atoms with Crippen molar-refractivity contribution in [2.24, 2.45) is 0 Å². The maximum absolute atomic E-state index is 13.4. The molecule has 5 rings (SSSR count). The molecular formula is C22H24ClFN4O4. The van der Waals surface area contributed by atoms with Gasteiger partial charge in [0.1, 0.15) is 17.3 Å². The van der Waals surface area contributed by atoms with Crippen LogP contribution in [0.15, 0.2) is 30.6 Å². The Bertz CT molecular complexity index is 998. The van der Waals surface area contributed by atoms with Crippen molar-refractivity contribution in [2.75, 3.05) is 20.3 Å². The van der Waals surface area contributed by atoms with E-state index in [-0.39, 0.29) is 46.0 Å². The average Bonchev–Trinajstić information content (AvgIpc) is 2.73. The van der Waals surface area contributed by atoms with Crippen LogP contribution in [0.4, 0.5) is 4.39 Å². The molecule has 2 aromatic rings. The van der Waals surface area contributed by atoms with Crippen molar-refractivity contribution >= 4 is 23.4 Å². The second-order valence-electron chi connectivity index (χ2n) is 8.45. The molecular weight excluding hydrogens is 439 g/mol. The maximum Gasteiger partial charge on any atom is 0.271 e. The van der Waals surface area contributed by atoms with E-state index in [2.05, 4.69) is 20.6 Å². The Morgan fingerprint density at radius 2 is 1.91 bits per heavy atom. The van der Waals surface area contributed by atoms with E-state index in [1.54, 1.807) is 13.3 Å². The number of hydrogen-bond donors (Lipinski definition) is 2. The molecule has 3 aliphatic rings. The third-order valence-electron chi connectivity index (χ3n) is 5.79. The van der Waals surface area contributed by atoms with Gasteiger partial charge in [0.15, 0.2) is 6.61 Å². The van der Waals surface area contributed by atoms with Crippen LogP contribution in [0.25, 0.3) is 0 Å². The number of aromatic nitrogens is 2. The van der Waals surface area contributed by atoms with Crippen LogP contribution >= 0.6 is 11.6 Å². The standard InChI is InChI=1S/C22H24ClFN4O4/c1-31-6-2-3-14-8-26-18(9-25-14)20(30)28-22-11-21(12-22,13-22)27-19(29)10-32-15-4-5-16(23)17(24)7-15/h4-5,7-9H,2-3,6,10-13H2,1H3,(H,27,29)(H,28,30). The van der Waals surface area contributed by atoms with Crippen molar-refractivity contribution in [3.63, 3.8) is 0 Å². The summed E-state index contributed by atoms with van der Waals surface area (Å²) in [7, 11) is 1.65. The summed E-state index contributed by atoms with van der Waals surface area (Å²) in [5, 5.41) is 5.96. The Hall–Kier alpha value is -2.78. The fraction of sp³-hybridized carbons (Fsp3) is 0.455. The molecule has 3 fully saturated rings. The average molecular weight is 463 g/mol. The quantitative estimate of drug-likeness (QED) is 0.526. The van der Waals surface area contributed by atoms with Crippen molar-refractivity contribution in [1.29, 1.82) is 0 Å². The molecule has 2 N–H and O–H groups in total. The van der Waals surface area contributed by atoms with Crippen LogP contribution in [0.5, 0.6) is 5.75 Å². The SMILES string of the molecule is COCCCc1cnc(C(=O)NC23CC(NC(=O)COc4ccc(Cl)c(F)c4)(C2)C3)cn1. The summed E-state index contributed by atoms with van der Waals surface area (Å²) in [5.74, 6) is -0.940. The van der Waals surface area contributed by atoms with E-state index in [1.165, 1.54) is 18.3 Å². The minimum Gasteiger partial charge on any atom is -0.484 e. The van der Waals surface area contributed by atoms with Gasteiger partial charge in [-0.15, -0.1) is 0 Å². The highest BCUT2D eigenvalue weighted by Gasteiger charge is 2.69. The lowest BCUT2D eigenvalue weighted by molar-refractivity contribution is -0.141. The highest BCUT2D eigenvalue weighted by molar-refractivity contribution is 6.30. The van der Waals surface area contributed by atoms with Crippen molar-refractivity contribution < 1.29 is 23.5 Å². The summed E-state index contributed by atoms with van der Waals surface area (Å²) in [6.07, 6.45) is 6.62. The second kappa shape index (κ2) is 8.99. The molecule has 8 nitrogen and oxygen atoms in total. The molecule has 2 amide bonds. The molecule has 0 unspecified atom stereocenters. The van der Waals surface area contributed by atoms with Crippen LogP contribution in [-0.2, 0) is 16.0 Å². The Balaban J connectivity index is 1.20. The summed E-state index contributed by atoms with van der Waals surface area (Å²) >= 11 is 5.63. The van der Waals surface area contributed by atoms with Gasteiger partial charge in [-0.3, -0.25) is 14.6 Å². The number of halogens is 2. The highest BCUT2D eigenvalue weighted by Crippen LogP contribution is 2.60. The smallest absolute Gasteiger partial charge is 0.271 e. The minimum atomic E-state index is -0.605. The summed E-state index contributed by atoms with van der Waals surface area (Å²) in [6, 6.07) is 4.01. The number of nitrogens with one attached hydrogen (secondary N) is 2. The Labute approximate surface area is 189 Å². The fourth-order valence-electron chi connectivity index (χ4n) is 4.40. The lowest BCUT2D eigenvalue weighted by Gasteiger charge is -2.70. The number of aryl methyl sites for hydroxylation is 1. The molecule has 1 aromatic carbocycles. The van der Waals surface area contributed by atoms with Gasteiger partial charge >= 0.3 is 0 Å².